The third-order valence-corrected chi connectivity index (χ3v) is 17.6. The van der Waals surface area contributed by atoms with E-state index in [0.717, 1.165) is 53.3 Å². The van der Waals surface area contributed by atoms with Gasteiger partial charge in [-0.05, 0) is 84.1 Å². The third kappa shape index (κ3) is 4.66. The highest BCUT2D eigenvalue weighted by Crippen LogP contribution is 2.59. The number of fused-ring (bicyclic) bond motifs is 2. The van der Waals surface area contributed by atoms with Crippen molar-refractivity contribution in [2.75, 3.05) is 6.67 Å². The lowest BCUT2D eigenvalue weighted by Gasteiger charge is -2.43. The maximum absolute atomic E-state index is 4.19. The zero-order valence-corrected chi connectivity index (χ0v) is 24.0. The maximum atomic E-state index is 4.19. The Labute approximate surface area is 196 Å². The molecule has 0 bridgehead atoms. The monoisotopic (exact) mass is 460 g/mol. The first kappa shape index (κ1) is 24.5. The van der Waals surface area contributed by atoms with E-state index in [-0.39, 0.29) is 0 Å². The molecule has 4 rings (SSSR count). The fourth-order valence-corrected chi connectivity index (χ4v) is 16.6. The van der Waals surface area contributed by atoms with E-state index in [2.05, 4.69) is 63.8 Å². The smallest absolute Gasteiger partial charge is 0.124 e. The van der Waals surface area contributed by atoms with Crippen molar-refractivity contribution in [1.29, 1.82) is 0 Å². The van der Waals surface area contributed by atoms with Crippen LogP contribution in [-0.2, 0) is 0 Å². The molecule has 0 spiro atoms. The number of hydrogen-bond acceptors (Lipinski definition) is 2. The van der Waals surface area contributed by atoms with Crippen LogP contribution in [0.2, 0.25) is 37.3 Å². The number of nitrogens with one attached hydrogen (secondary N) is 2. The quantitative estimate of drug-likeness (QED) is 0.319. The average Bonchev–Trinajstić information content (AvgIpc) is 3.20. The van der Waals surface area contributed by atoms with Crippen molar-refractivity contribution in [2.24, 2.45) is 35.5 Å². The second-order valence-electron chi connectivity index (χ2n) is 13.5. The van der Waals surface area contributed by atoms with Crippen molar-refractivity contribution in [3.05, 3.63) is 11.8 Å². The van der Waals surface area contributed by atoms with Gasteiger partial charge in [0.1, 0.15) is 16.5 Å². The van der Waals surface area contributed by atoms with Crippen LogP contribution in [0.4, 0.5) is 0 Å². The van der Waals surface area contributed by atoms with Crippen LogP contribution in [0, 0.1) is 47.3 Å². The van der Waals surface area contributed by atoms with E-state index in [1.165, 1.54) is 51.4 Å². The molecule has 4 aliphatic rings. The molecule has 178 valence electrons. The van der Waals surface area contributed by atoms with Gasteiger partial charge in [-0.1, -0.05) is 79.6 Å². The van der Waals surface area contributed by atoms with Crippen molar-refractivity contribution in [3.8, 4) is 0 Å². The van der Waals surface area contributed by atoms with Crippen LogP contribution in [0.3, 0.4) is 0 Å². The molecule has 4 fully saturated rings. The fourth-order valence-electron chi connectivity index (χ4n) is 9.17. The van der Waals surface area contributed by atoms with Gasteiger partial charge in [-0.3, -0.25) is 0 Å². The Kier molecular flexibility index (Phi) is 7.25. The predicted octanol–water partition coefficient (Wildman–Crippen LogP) is 7.37. The molecular formula is C27H52N2Si2. The van der Waals surface area contributed by atoms with Crippen LogP contribution in [0.25, 0.3) is 0 Å². The SMILES string of the molecule is CC1CCC[C]2C1CC(C)C2[Si](C)(C)NCN[Si](C)(C)C1[C]2CCCC(C)C2CC1C. The highest BCUT2D eigenvalue weighted by molar-refractivity contribution is 6.78. The summed E-state index contributed by atoms with van der Waals surface area (Å²) in [6, 6.07) is 0. The minimum absolute atomic E-state index is 0.884. The summed E-state index contributed by atoms with van der Waals surface area (Å²) in [7, 11) is -3.01. The minimum atomic E-state index is -1.51. The second kappa shape index (κ2) is 9.19. The van der Waals surface area contributed by atoms with Crippen molar-refractivity contribution in [1.82, 2.24) is 9.96 Å². The molecule has 0 amide bonds. The summed E-state index contributed by atoms with van der Waals surface area (Å²) in [6.45, 7) is 21.7. The summed E-state index contributed by atoms with van der Waals surface area (Å²) in [5.74, 6) is 9.44. The van der Waals surface area contributed by atoms with Gasteiger partial charge in [0.25, 0.3) is 0 Å². The van der Waals surface area contributed by atoms with E-state index in [9.17, 15) is 0 Å². The van der Waals surface area contributed by atoms with E-state index in [4.69, 9.17) is 0 Å². The van der Waals surface area contributed by atoms with Gasteiger partial charge < -0.3 is 9.96 Å². The number of hydrogen-bond donors (Lipinski definition) is 2. The largest absolute Gasteiger partial charge is 0.326 e. The van der Waals surface area contributed by atoms with Crippen LogP contribution in [-0.4, -0.2) is 23.1 Å². The zero-order valence-electron chi connectivity index (χ0n) is 22.0. The predicted molar refractivity (Wildman–Crippen MR) is 141 cm³/mol. The first-order valence-electron chi connectivity index (χ1n) is 13.7. The highest BCUT2D eigenvalue weighted by Gasteiger charge is 2.53. The molecule has 0 saturated heterocycles. The average molecular weight is 461 g/mol. The van der Waals surface area contributed by atoms with Crippen LogP contribution in [0.5, 0.6) is 0 Å². The van der Waals surface area contributed by atoms with E-state index >= 15 is 0 Å². The van der Waals surface area contributed by atoms with Gasteiger partial charge in [0.15, 0.2) is 0 Å². The maximum Gasteiger partial charge on any atom is 0.124 e. The van der Waals surface area contributed by atoms with Crippen LogP contribution in [0.15, 0.2) is 0 Å². The Morgan fingerprint density at radius 2 is 1.03 bits per heavy atom. The highest BCUT2D eigenvalue weighted by atomic mass is 28.3. The standard InChI is InChI=1S/C27H52N2Si2/c1-18-11-9-13-22-24(18)15-20(3)26(22)30(5,6)28-17-29-31(7,8)27-21(4)16-25-19(2)12-10-14-23(25)27/h18-21,24-29H,9-17H2,1-8H3. The summed E-state index contributed by atoms with van der Waals surface area (Å²) in [4.78, 5) is 8.37. The molecular weight excluding hydrogens is 408 g/mol. The van der Waals surface area contributed by atoms with Crippen molar-refractivity contribution in [3.63, 3.8) is 0 Å². The molecule has 0 aromatic carbocycles. The summed E-state index contributed by atoms with van der Waals surface area (Å²) in [5, 5.41) is 0. The normalized spacial score (nSPS) is 42.6. The molecule has 0 aliphatic heterocycles. The van der Waals surface area contributed by atoms with Gasteiger partial charge in [-0.2, -0.15) is 0 Å². The molecule has 4 aliphatic carbocycles. The van der Waals surface area contributed by atoms with Gasteiger partial charge in [0.05, 0.1) is 0 Å². The minimum Gasteiger partial charge on any atom is -0.326 e. The zero-order chi connectivity index (χ0) is 22.6. The van der Waals surface area contributed by atoms with E-state index in [1.54, 1.807) is 0 Å². The Balaban J connectivity index is 1.37. The molecule has 4 heteroatoms. The molecule has 2 radical (unpaired) electrons. The topological polar surface area (TPSA) is 24.1 Å². The van der Waals surface area contributed by atoms with E-state index < -0.39 is 16.5 Å². The fraction of sp³-hybridized carbons (Fsp3) is 0.926. The van der Waals surface area contributed by atoms with Gasteiger partial charge in [-0.25, -0.2) is 0 Å². The molecule has 31 heavy (non-hydrogen) atoms. The molecule has 4 saturated carbocycles. The number of rotatable bonds is 6. The Morgan fingerprint density at radius 3 is 1.42 bits per heavy atom. The van der Waals surface area contributed by atoms with E-state index in [0.29, 0.717) is 0 Å². The Morgan fingerprint density at radius 1 is 0.645 bits per heavy atom. The van der Waals surface area contributed by atoms with Crippen molar-refractivity contribution >= 4 is 16.5 Å². The Bertz CT molecular complexity index is 568. The summed E-state index contributed by atoms with van der Waals surface area (Å²) in [5.41, 5.74) is 1.77. The molecule has 8 unspecified atom stereocenters. The van der Waals surface area contributed by atoms with Crippen LogP contribution in [0.1, 0.15) is 79.1 Å². The summed E-state index contributed by atoms with van der Waals surface area (Å²) < 4.78 is 0. The van der Waals surface area contributed by atoms with E-state index in [1.807, 2.05) is 11.8 Å². The first-order chi connectivity index (χ1) is 14.5. The summed E-state index contributed by atoms with van der Waals surface area (Å²) >= 11 is 0. The molecule has 0 aromatic rings. The second-order valence-corrected chi connectivity index (χ2v) is 22.3. The van der Waals surface area contributed by atoms with Gasteiger partial charge in [0, 0.05) is 6.67 Å². The van der Waals surface area contributed by atoms with Gasteiger partial charge in [-0.15, -0.1) is 0 Å². The lowest BCUT2D eigenvalue weighted by atomic mass is 9.75. The molecule has 8 atom stereocenters. The van der Waals surface area contributed by atoms with Gasteiger partial charge in [0.2, 0.25) is 0 Å². The Hall–Kier alpha value is 0.354. The van der Waals surface area contributed by atoms with Crippen molar-refractivity contribution < 1.29 is 0 Å². The first-order valence-corrected chi connectivity index (χ1v) is 19.9. The lowest BCUT2D eigenvalue weighted by molar-refractivity contribution is 0.297. The molecule has 0 aromatic heterocycles. The van der Waals surface area contributed by atoms with Crippen LogP contribution >= 0.6 is 0 Å². The molecule has 2 N–H and O–H groups in total. The van der Waals surface area contributed by atoms with Crippen LogP contribution < -0.4 is 9.96 Å². The van der Waals surface area contributed by atoms with Crippen molar-refractivity contribution in [2.45, 2.75) is 116 Å². The third-order valence-electron chi connectivity index (χ3n) is 10.4. The molecule has 2 nitrogen and oxygen atoms in total. The molecule has 0 heterocycles. The van der Waals surface area contributed by atoms with Gasteiger partial charge >= 0.3 is 0 Å². The summed E-state index contributed by atoms with van der Waals surface area (Å²) in [6.07, 6.45) is 11.6. The lowest BCUT2D eigenvalue weighted by Crippen LogP contribution is -2.60.